The number of halogens is 1. The summed E-state index contributed by atoms with van der Waals surface area (Å²) in [5.41, 5.74) is 2.38. The Kier molecular flexibility index (Phi) is 8.68. The summed E-state index contributed by atoms with van der Waals surface area (Å²) in [7, 11) is 1.81. The Morgan fingerprint density at radius 1 is 1.23 bits per heavy atom. The molecule has 2 N–H and O–H groups in total. The second-order valence-corrected chi connectivity index (χ2v) is 7.01. The van der Waals surface area contributed by atoms with Gasteiger partial charge in [0.15, 0.2) is 5.96 Å². The molecule has 0 radical (unpaired) electrons. The summed E-state index contributed by atoms with van der Waals surface area (Å²) in [5.74, 6) is 1.09. The number of guanidine groups is 1. The fourth-order valence-electron chi connectivity index (χ4n) is 3.81. The van der Waals surface area contributed by atoms with Gasteiger partial charge in [0.2, 0.25) is 5.91 Å². The van der Waals surface area contributed by atoms with E-state index in [1.807, 2.05) is 24.1 Å². The van der Waals surface area contributed by atoms with Crippen LogP contribution in [0.1, 0.15) is 50.5 Å². The zero-order valence-electron chi connectivity index (χ0n) is 15.7. The van der Waals surface area contributed by atoms with Crippen LogP contribution in [0.25, 0.3) is 0 Å². The van der Waals surface area contributed by atoms with Crippen molar-refractivity contribution >= 4 is 41.5 Å². The van der Waals surface area contributed by atoms with Crippen molar-refractivity contribution in [2.75, 3.05) is 25.0 Å². The van der Waals surface area contributed by atoms with Crippen LogP contribution < -0.4 is 15.5 Å². The number of nitrogens with zero attached hydrogens (tertiary/aromatic N) is 2. The highest BCUT2D eigenvalue weighted by atomic mass is 127. The third kappa shape index (κ3) is 5.59. The van der Waals surface area contributed by atoms with E-state index < -0.39 is 0 Å². The van der Waals surface area contributed by atoms with Crippen molar-refractivity contribution in [1.29, 1.82) is 0 Å². The van der Waals surface area contributed by atoms with Gasteiger partial charge in [0, 0.05) is 38.3 Å². The predicted octanol–water partition coefficient (Wildman–Crippen LogP) is 3.47. The van der Waals surface area contributed by atoms with E-state index in [1.54, 1.807) is 0 Å². The Bertz CT molecular complexity index is 614. The normalized spacial score (nSPS) is 17.4. The molecule has 1 heterocycles. The molecule has 0 unspecified atom stereocenters. The molecule has 1 fully saturated rings. The maximum atomic E-state index is 12.5. The van der Waals surface area contributed by atoms with Crippen LogP contribution in [0.4, 0.5) is 5.69 Å². The molecule has 1 aliphatic heterocycles. The summed E-state index contributed by atoms with van der Waals surface area (Å²) in [4.78, 5) is 18.7. The van der Waals surface area contributed by atoms with Crippen LogP contribution in [-0.4, -0.2) is 38.0 Å². The number of fused-ring (bicyclic) bond motifs is 1. The van der Waals surface area contributed by atoms with Crippen LogP contribution in [0.5, 0.6) is 0 Å². The van der Waals surface area contributed by atoms with Gasteiger partial charge in [-0.2, -0.15) is 0 Å². The molecular formula is C20H31IN4O. The fraction of sp³-hybridized carbons (Fsp3) is 0.600. The number of rotatable bonds is 5. The molecule has 0 atom stereocenters. The summed E-state index contributed by atoms with van der Waals surface area (Å²) in [5, 5.41) is 6.86. The molecule has 0 saturated heterocycles. The number of carbonyl (C=O) groups excluding carboxylic acids is 1. The third-order valence-corrected chi connectivity index (χ3v) is 5.22. The Morgan fingerprint density at radius 3 is 2.77 bits per heavy atom. The maximum Gasteiger partial charge on any atom is 0.227 e. The van der Waals surface area contributed by atoms with Crippen molar-refractivity contribution < 1.29 is 4.79 Å². The van der Waals surface area contributed by atoms with E-state index >= 15 is 0 Å². The summed E-state index contributed by atoms with van der Waals surface area (Å²) >= 11 is 0. The van der Waals surface area contributed by atoms with E-state index in [4.69, 9.17) is 0 Å². The van der Waals surface area contributed by atoms with Gasteiger partial charge in [0.05, 0.1) is 0 Å². The Balaban J connectivity index is 0.00000243. The number of para-hydroxylation sites is 1. The van der Waals surface area contributed by atoms with Crippen molar-refractivity contribution in [3.8, 4) is 0 Å². The van der Waals surface area contributed by atoms with Gasteiger partial charge in [0.1, 0.15) is 0 Å². The SMILES string of the molecule is CN=C(NCCCC(=O)N1CCc2ccccc21)NC1CCCCC1.I. The van der Waals surface area contributed by atoms with Crippen LogP contribution >= 0.6 is 24.0 Å². The standard InChI is InChI=1S/C20H30N4O.HI/c1-21-20(23-17-9-3-2-4-10-17)22-14-7-12-19(25)24-15-13-16-8-5-6-11-18(16)24;/h5-6,8,11,17H,2-4,7,9-10,12-15H2,1H3,(H2,21,22,23);1H. The summed E-state index contributed by atoms with van der Waals surface area (Å²) in [6.45, 7) is 1.59. The van der Waals surface area contributed by atoms with E-state index in [1.165, 1.54) is 37.7 Å². The number of aliphatic imine (C=N–C) groups is 1. The summed E-state index contributed by atoms with van der Waals surface area (Å²) < 4.78 is 0. The molecular weight excluding hydrogens is 439 g/mol. The molecule has 2 aliphatic rings. The number of amides is 1. The molecule has 0 bridgehead atoms. The van der Waals surface area contributed by atoms with Gasteiger partial charge in [-0.25, -0.2) is 0 Å². The zero-order chi connectivity index (χ0) is 17.5. The van der Waals surface area contributed by atoms with Crippen LogP contribution in [0.2, 0.25) is 0 Å². The Hall–Kier alpha value is -1.31. The lowest BCUT2D eigenvalue weighted by molar-refractivity contribution is -0.118. The Labute approximate surface area is 174 Å². The van der Waals surface area contributed by atoms with Gasteiger partial charge in [-0.1, -0.05) is 37.5 Å². The first-order valence-corrected chi connectivity index (χ1v) is 9.63. The van der Waals surface area contributed by atoms with Gasteiger partial charge in [-0.15, -0.1) is 24.0 Å². The molecule has 0 spiro atoms. The first kappa shape index (κ1) is 21.0. The van der Waals surface area contributed by atoms with E-state index in [0.29, 0.717) is 12.5 Å². The number of nitrogens with one attached hydrogen (secondary N) is 2. The van der Waals surface area contributed by atoms with Gasteiger partial charge in [-0.3, -0.25) is 9.79 Å². The minimum Gasteiger partial charge on any atom is -0.356 e. The monoisotopic (exact) mass is 470 g/mol. The van der Waals surface area contributed by atoms with Gasteiger partial charge in [0.25, 0.3) is 0 Å². The average Bonchev–Trinajstić information content (AvgIpc) is 3.09. The highest BCUT2D eigenvalue weighted by Gasteiger charge is 2.23. The molecule has 26 heavy (non-hydrogen) atoms. The molecule has 144 valence electrons. The molecule has 0 aromatic heterocycles. The molecule has 1 aromatic carbocycles. The number of anilines is 1. The first-order valence-electron chi connectivity index (χ1n) is 9.63. The molecule has 5 nitrogen and oxygen atoms in total. The number of carbonyl (C=O) groups is 1. The zero-order valence-corrected chi connectivity index (χ0v) is 18.0. The summed E-state index contributed by atoms with van der Waals surface area (Å²) in [6.07, 6.45) is 8.79. The highest BCUT2D eigenvalue weighted by Crippen LogP contribution is 2.27. The van der Waals surface area contributed by atoms with Gasteiger partial charge < -0.3 is 15.5 Å². The van der Waals surface area contributed by atoms with Crippen LogP contribution in [0, 0.1) is 0 Å². The van der Waals surface area contributed by atoms with Gasteiger partial charge in [-0.05, 0) is 37.3 Å². The summed E-state index contributed by atoms with van der Waals surface area (Å²) in [6, 6.07) is 8.76. The predicted molar refractivity (Wildman–Crippen MR) is 119 cm³/mol. The fourth-order valence-corrected chi connectivity index (χ4v) is 3.81. The molecule has 1 aliphatic carbocycles. The van der Waals surface area contributed by atoms with Crippen molar-refractivity contribution in [1.82, 2.24) is 10.6 Å². The number of hydrogen-bond acceptors (Lipinski definition) is 2. The quantitative estimate of drug-likeness (QED) is 0.300. The number of hydrogen-bond donors (Lipinski definition) is 2. The van der Waals surface area contributed by atoms with E-state index in [9.17, 15) is 4.79 Å². The molecule has 6 heteroatoms. The molecule has 1 amide bonds. The van der Waals surface area contributed by atoms with Crippen molar-refractivity contribution in [3.63, 3.8) is 0 Å². The lowest BCUT2D eigenvalue weighted by atomic mass is 9.96. The highest BCUT2D eigenvalue weighted by molar-refractivity contribution is 14.0. The van der Waals surface area contributed by atoms with E-state index in [2.05, 4.69) is 27.8 Å². The van der Waals surface area contributed by atoms with Gasteiger partial charge >= 0.3 is 0 Å². The minimum absolute atomic E-state index is 0. The second kappa shape index (κ2) is 10.7. The van der Waals surface area contributed by atoms with E-state index in [0.717, 1.165) is 37.6 Å². The van der Waals surface area contributed by atoms with Crippen molar-refractivity contribution in [3.05, 3.63) is 29.8 Å². The number of benzene rings is 1. The van der Waals surface area contributed by atoms with Crippen LogP contribution in [0.15, 0.2) is 29.3 Å². The van der Waals surface area contributed by atoms with Crippen molar-refractivity contribution in [2.45, 2.75) is 57.4 Å². The average molecular weight is 470 g/mol. The molecule has 1 aromatic rings. The Morgan fingerprint density at radius 2 is 2.00 bits per heavy atom. The molecule has 1 saturated carbocycles. The van der Waals surface area contributed by atoms with E-state index in [-0.39, 0.29) is 29.9 Å². The van der Waals surface area contributed by atoms with Crippen LogP contribution in [0.3, 0.4) is 0 Å². The third-order valence-electron chi connectivity index (χ3n) is 5.22. The topological polar surface area (TPSA) is 56.7 Å². The lowest BCUT2D eigenvalue weighted by Crippen LogP contribution is -2.44. The maximum absolute atomic E-state index is 12.5. The second-order valence-electron chi connectivity index (χ2n) is 7.01. The lowest BCUT2D eigenvalue weighted by Gasteiger charge is -2.25. The first-order chi connectivity index (χ1) is 12.3. The largest absolute Gasteiger partial charge is 0.356 e. The minimum atomic E-state index is 0. The van der Waals surface area contributed by atoms with Crippen molar-refractivity contribution in [2.24, 2.45) is 4.99 Å². The van der Waals surface area contributed by atoms with Crippen LogP contribution in [-0.2, 0) is 11.2 Å². The molecule has 3 rings (SSSR count). The smallest absolute Gasteiger partial charge is 0.227 e.